The van der Waals surface area contributed by atoms with Gasteiger partial charge in [0.05, 0.1) is 10.9 Å². The lowest BCUT2D eigenvalue weighted by atomic mass is 9.97. The number of rotatable bonds is 11. The number of carbonyl (C=O) groups excluding carboxylic acids is 2. The number of ketones is 1. The molecule has 0 spiro atoms. The number of benzene rings is 3. The Bertz CT molecular complexity index is 1270. The van der Waals surface area contributed by atoms with E-state index in [-0.39, 0.29) is 22.7 Å². The van der Waals surface area contributed by atoms with Gasteiger partial charge in [-0.3, -0.25) is 9.59 Å². The van der Waals surface area contributed by atoms with Crippen molar-refractivity contribution >= 4 is 21.7 Å². The molecule has 1 atom stereocenters. The van der Waals surface area contributed by atoms with Crippen LogP contribution in [0.5, 0.6) is 0 Å². The van der Waals surface area contributed by atoms with Gasteiger partial charge < -0.3 is 5.32 Å². The molecule has 0 aromatic heterocycles. The van der Waals surface area contributed by atoms with E-state index in [4.69, 9.17) is 0 Å². The number of Topliss-reactive ketones (excluding diaryl/α,β-unsaturated/α-hetero) is 1. The lowest BCUT2D eigenvalue weighted by Crippen LogP contribution is -2.43. The number of hydrogen-bond donors (Lipinski definition) is 2. The summed E-state index contributed by atoms with van der Waals surface area (Å²) >= 11 is 0. The minimum absolute atomic E-state index is 0.0248. The highest BCUT2D eigenvalue weighted by molar-refractivity contribution is 7.89. The van der Waals surface area contributed by atoms with Crippen LogP contribution in [0.1, 0.15) is 34.3 Å². The molecule has 0 unspecified atom stereocenters. The first-order valence-electron chi connectivity index (χ1n) is 11.5. The smallest absolute Gasteiger partial charge is 0.251 e. The van der Waals surface area contributed by atoms with E-state index in [9.17, 15) is 22.4 Å². The molecule has 6 nitrogen and oxygen atoms in total. The maximum atomic E-state index is 13.2. The van der Waals surface area contributed by atoms with Crippen molar-refractivity contribution in [3.05, 3.63) is 101 Å². The minimum atomic E-state index is -3.59. The van der Waals surface area contributed by atoms with Crippen molar-refractivity contribution in [3.63, 3.8) is 0 Å². The Morgan fingerprint density at radius 3 is 2.17 bits per heavy atom. The third-order valence-corrected chi connectivity index (χ3v) is 7.39. The van der Waals surface area contributed by atoms with Crippen molar-refractivity contribution < 1.29 is 22.4 Å². The Labute approximate surface area is 204 Å². The first kappa shape index (κ1) is 24.8. The fraction of sp³-hybridized carbons (Fsp3) is 0.259. The first-order chi connectivity index (χ1) is 16.8. The van der Waals surface area contributed by atoms with Crippen LogP contribution in [0.4, 0.5) is 4.39 Å². The van der Waals surface area contributed by atoms with Gasteiger partial charge in [-0.1, -0.05) is 42.5 Å². The summed E-state index contributed by atoms with van der Waals surface area (Å²) in [5.41, 5.74) is 1.78. The molecule has 182 valence electrons. The largest absolute Gasteiger partial charge is 0.342 e. The summed E-state index contributed by atoms with van der Waals surface area (Å²) in [5, 5.41) is 2.77. The molecule has 1 aliphatic carbocycles. The Morgan fingerprint density at radius 2 is 1.54 bits per heavy atom. The number of nitrogens with one attached hydrogen (secondary N) is 2. The Morgan fingerprint density at radius 1 is 0.886 bits per heavy atom. The van der Waals surface area contributed by atoms with Gasteiger partial charge in [0.25, 0.3) is 5.91 Å². The van der Waals surface area contributed by atoms with Crippen molar-refractivity contribution in [2.24, 2.45) is 5.92 Å². The standard InChI is InChI=1S/C27H27FN2O4S/c28-23-12-10-22(11-13-23)27(32)30-25(16-19-4-2-1-3-5-19)26(31)17-20-8-14-24(15-9-20)35(33,34)29-18-21-6-7-21/h1-5,8-15,21,25,29H,6-7,16-18H2,(H,30,32)/t25-/m0/s1. The van der Waals surface area contributed by atoms with Crippen LogP contribution in [0.2, 0.25) is 0 Å². The number of amides is 1. The zero-order chi connectivity index (χ0) is 24.8. The van der Waals surface area contributed by atoms with Gasteiger partial charge in [0, 0.05) is 18.5 Å². The highest BCUT2D eigenvalue weighted by atomic mass is 32.2. The average molecular weight is 495 g/mol. The Hall–Kier alpha value is -3.36. The van der Waals surface area contributed by atoms with Crippen molar-refractivity contribution in [3.8, 4) is 0 Å². The summed E-state index contributed by atoms with van der Waals surface area (Å²) in [6.07, 6.45) is 2.41. The fourth-order valence-electron chi connectivity index (χ4n) is 3.68. The van der Waals surface area contributed by atoms with Crippen LogP contribution >= 0.6 is 0 Å². The molecule has 3 aromatic rings. The van der Waals surface area contributed by atoms with Gasteiger partial charge in [0.15, 0.2) is 5.78 Å². The first-order valence-corrected chi connectivity index (χ1v) is 13.0. The van der Waals surface area contributed by atoms with Crippen molar-refractivity contribution in [2.45, 2.75) is 36.6 Å². The fourth-order valence-corrected chi connectivity index (χ4v) is 4.80. The molecule has 4 rings (SSSR count). The van der Waals surface area contributed by atoms with Gasteiger partial charge in [-0.05, 0) is 72.7 Å². The minimum Gasteiger partial charge on any atom is -0.342 e. The van der Waals surface area contributed by atoms with E-state index in [0.29, 0.717) is 24.4 Å². The maximum Gasteiger partial charge on any atom is 0.251 e. The zero-order valence-electron chi connectivity index (χ0n) is 19.1. The van der Waals surface area contributed by atoms with Crippen LogP contribution in [0, 0.1) is 11.7 Å². The summed E-state index contributed by atoms with van der Waals surface area (Å²) in [7, 11) is -3.59. The highest BCUT2D eigenvalue weighted by Gasteiger charge is 2.25. The molecule has 8 heteroatoms. The molecule has 3 aromatic carbocycles. The lowest BCUT2D eigenvalue weighted by molar-refractivity contribution is -0.120. The lowest BCUT2D eigenvalue weighted by Gasteiger charge is -2.18. The van der Waals surface area contributed by atoms with Gasteiger partial charge in [-0.15, -0.1) is 0 Å². The Balaban J connectivity index is 1.45. The average Bonchev–Trinajstić information content (AvgIpc) is 3.68. The van der Waals surface area contributed by atoms with E-state index < -0.39 is 27.8 Å². The molecule has 1 aliphatic rings. The normalized spacial score (nSPS) is 14.3. The molecule has 2 N–H and O–H groups in total. The molecule has 0 saturated heterocycles. The number of carbonyl (C=O) groups is 2. The molecular weight excluding hydrogens is 467 g/mol. The van der Waals surface area contributed by atoms with Gasteiger partial charge in [-0.25, -0.2) is 17.5 Å². The highest BCUT2D eigenvalue weighted by Crippen LogP contribution is 2.28. The molecule has 1 saturated carbocycles. The summed E-state index contributed by atoms with van der Waals surface area (Å²) in [4.78, 5) is 26.1. The van der Waals surface area contributed by atoms with Gasteiger partial charge >= 0.3 is 0 Å². The van der Waals surface area contributed by atoms with Crippen LogP contribution in [0.15, 0.2) is 83.8 Å². The van der Waals surface area contributed by atoms with Crippen LogP contribution in [0.25, 0.3) is 0 Å². The monoisotopic (exact) mass is 494 g/mol. The van der Waals surface area contributed by atoms with E-state index in [1.165, 1.54) is 36.4 Å². The molecular formula is C27H27FN2O4S. The predicted octanol–water partition coefficient (Wildman–Crippen LogP) is 3.67. The van der Waals surface area contributed by atoms with Crippen LogP contribution < -0.4 is 10.0 Å². The van der Waals surface area contributed by atoms with E-state index in [0.717, 1.165) is 18.4 Å². The van der Waals surface area contributed by atoms with Gasteiger partial charge in [0.1, 0.15) is 5.82 Å². The second kappa shape index (κ2) is 10.9. The van der Waals surface area contributed by atoms with Crippen LogP contribution in [-0.4, -0.2) is 32.7 Å². The molecule has 0 radical (unpaired) electrons. The van der Waals surface area contributed by atoms with E-state index >= 15 is 0 Å². The second-order valence-corrected chi connectivity index (χ2v) is 10.6. The quantitative estimate of drug-likeness (QED) is 0.426. The van der Waals surface area contributed by atoms with E-state index in [1.807, 2.05) is 30.3 Å². The SMILES string of the molecule is O=C(N[C@@H](Cc1ccccc1)C(=O)Cc1ccc(S(=O)(=O)NCC2CC2)cc1)c1ccc(F)cc1. The summed E-state index contributed by atoms with van der Waals surface area (Å²) in [6, 6.07) is 19.8. The third-order valence-electron chi connectivity index (χ3n) is 5.95. The molecule has 0 heterocycles. The molecule has 1 fully saturated rings. The zero-order valence-corrected chi connectivity index (χ0v) is 19.9. The number of halogens is 1. The number of sulfonamides is 1. The van der Waals surface area contributed by atoms with Crippen molar-refractivity contribution in [1.29, 1.82) is 0 Å². The number of hydrogen-bond acceptors (Lipinski definition) is 4. The van der Waals surface area contributed by atoms with Crippen molar-refractivity contribution in [2.75, 3.05) is 6.54 Å². The van der Waals surface area contributed by atoms with E-state index in [1.54, 1.807) is 12.1 Å². The third kappa shape index (κ3) is 7.07. The second-order valence-electron chi connectivity index (χ2n) is 8.80. The summed E-state index contributed by atoms with van der Waals surface area (Å²) in [6.45, 7) is 0.442. The molecule has 35 heavy (non-hydrogen) atoms. The predicted molar refractivity (Wildman–Crippen MR) is 131 cm³/mol. The maximum absolute atomic E-state index is 13.2. The van der Waals surface area contributed by atoms with E-state index in [2.05, 4.69) is 10.0 Å². The van der Waals surface area contributed by atoms with Crippen molar-refractivity contribution in [1.82, 2.24) is 10.0 Å². The van der Waals surface area contributed by atoms with Gasteiger partial charge in [0.2, 0.25) is 10.0 Å². The van der Waals surface area contributed by atoms with Gasteiger partial charge in [-0.2, -0.15) is 0 Å². The summed E-state index contributed by atoms with van der Waals surface area (Å²) < 4.78 is 40.7. The molecule has 0 aliphatic heterocycles. The van der Waals surface area contributed by atoms with Crippen LogP contribution in [0.3, 0.4) is 0 Å². The summed E-state index contributed by atoms with van der Waals surface area (Å²) in [5.74, 6) is -0.714. The Kier molecular flexibility index (Phi) is 7.73. The van der Waals surface area contributed by atoms with Crippen LogP contribution in [-0.2, 0) is 27.7 Å². The topological polar surface area (TPSA) is 92.3 Å². The molecule has 0 bridgehead atoms. The molecule has 1 amide bonds.